The highest BCUT2D eigenvalue weighted by Crippen LogP contribution is 2.14. The van der Waals surface area contributed by atoms with E-state index in [-0.39, 0.29) is 6.61 Å². The van der Waals surface area contributed by atoms with Crippen LogP contribution in [0, 0.1) is 0 Å². The lowest BCUT2D eigenvalue weighted by atomic mass is 10.3. The van der Waals surface area contributed by atoms with Crippen molar-refractivity contribution >= 4 is 11.6 Å². The molecule has 0 bridgehead atoms. The maximum atomic E-state index is 9.01. The Hall–Kier alpha value is -1.29. The van der Waals surface area contributed by atoms with Gasteiger partial charge in [0.1, 0.15) is 11.6 Å². The van der Waals surface area contributed by atoms with Crippen molar-refractivity contribution in [3.8, 4) is 0 Å². The van der Waals surface area contributed by atoms with Crippen molar-refractivity contribution in [1.29, 1.82) is 0 Å². The molecule has 1 aromatic heterocycles. The molecule has 0 radical (unpaired) electrons. The summed E-state index contributed by atoms with van der Waals surface area (Å²) >= 11 is 0. The summed E-state index contributed by atoms with van der Waals surface area (Å²) in [6, 6.07) is 5.92. The van der Waals surface area contributed by atoms with Gasteiger partial charge in [-0.2, -0.15) is 0 Å². The Kier molecular flexibility index (Phi) is 5.64. The van der Waals surface area contributed by atoms with Crippen molar-refractivity contribution in [2.75, 3.05) is 36.5 Å². The SMILES string of the molecule is CCCN(CCO)c1cccc(NCC)n1. The molecule has 0 aliphatic rings. The highest BCUT2D eigenvalue weighted by Gasteiger charge is 2.06. The Balaban J connectivity index is 2.77. The Morgan fingerprint density at radius 1 is 1.31 bits per heavy atom. The predicted molar refractivity (Wildman–Crippen MR) is 68.0 cm³/mol. The molecule has 0 spiro atoms. The third kappa shape index (κ3) is 3.70. The van der Waals surface area contributed by atoms with Crippen LogP contribution < -0.4 is 10.2 Å². The Morgan fingerprint density at radius 2 is 2.12 bits per heavy atom. The van der Waals surface area contributed by atoms with E-state index in [1.807, 2.05) is 25.1 Å². The van der Waals surface area contributed by atoms with Gasteiger partial charge < -0.3 is 15.3 Å². The summed E-state index contributed by atoms with van der Waals surface area (Å²) in [6.07, 6.45) is 1.05. The second-order valence-electron chi connectivity index (χ2n) is 3.62. The normalized spacial score (nSPS) is 10.2. The largest absolute Gasteiger partial charge is 0.395 e. The summed E-state index contributed by atoms with van der Waals surface area (Å²) in [5.41, 5.74) is 0. The molecule has 1 heterocycles. The van der Waals surface area contributed by atoms with Crippen LogP contribution in [0.1, 0.15) is 20.3 Å². The summed E-state index contributed by atoms with van der Waals surface area (Å²) < 4.78 is 0. The molecule has 4 heteroatoms. The number of rotatable bonds is 7. The van der Waals surface area contributed by atoms with Crippen LogP contribution in [0.5, 0.6) is 0 Å². The molecule has 0 fully saturated rings. The van der Waals surface area contributed by atoms with Gasteiger partial charge in [0.15, 0.2) is 0 Å². The monoisotopic (exact) mass is 223 g/mol. The number of aliphatic hydroxyl groups excluding tert-OH is 1. The van der Waals surface area contributed by atoms with Crippen molar-refractivity contribution in [3.63, 3.8) is 0 Å². The molecular weight excluding hydrogens is 202 g/mol. The fourth-order valence-electron chi connectivity index (χ4n) is 1.61. The van der Waals surface area contributed by atoms with E-state index >= 15 is 0 Å². The van der Waals surface area contributed by atoms with Gasteiger partial charge in [0.2, 0.25) is 0 Å². The van der Waals surface area contributed by atoms with Gasteiger partial charge in [-0.05, 0) is 25.5 Å². The zero-order valence-corrected chi connectivity index (χ0v) is 10.1. The van der Waals surface area contributed by atoms with Crippen LogP contribution in [0.25, 0.3) is 0 Å². The van der Waals surface area contributed by atoms with E-state index in [1.165, 1.54) is 0 Å². The molecule has 0 aromatic carbocycles. The Labute approximate surface area is 97.3 Å². The molecule has 4 nitrogen and oxygen atoms in total. The molecule has 0 aliphatic carbocycles. The van der Waals surface area contributed by atoms with Gasteiger partial charge in [-0.15, -0.1) is 0 Å². The number of nitrogens with zero attached hydrogens (tertiary/aromatic N) is 2. The number of anilines is 2. The van der Waals surface area contributed by atoms with Gasteiger partial charge in [0, 0.05) is 19.6 Å². The van der Waals surface area contributed by atoms with Crippen molar-refractivity contribution < 1.29 is 5.11 Å². The first-order valence-electron chi connectivity index (χ1n) is 5.88. The molecule has 0 amide bonds. The highest BCUT2D eigenvalue weighted by molar-refractivity contribution is 5.46. The first-order valence-corrected chi connectivity index (χ1v) is 5.88. The number of nitrogens with one attached hydrogen (secondary N) is 1. The van der Waals surface area contributed by atoms with E-state index in [9.17, 15) is 0 Å². The smallest absolute Gasteiger partial charge is 0.131 e. The number of hydrogen-bond acceptors (Lipinski definition) is 4. The highest BCUT2D eigenvalue weighted by atomic mass is 16.3. The van der Waals surface area contributed by atoms with Gasteiger partial charge in [-0.1, -0.05) is 13.0 Å². The topological polar surface area (TPSA) is 48.4 Å². The van der Waals surface area contributed by atoms with E-state index in [4.69, 9.17) is 5.11 Å². The van der Waals surface area contributed by atoms with E-state index in [1.54, 1.807) is 0 Å². The summed E-state index contributed by atoms with van der Waals surface area (Å²) in [5, 5.41) is 12.2. The van der Waals surface area contributed by atoms with Crippen molar-refractivity contribution in [2.45, 2.75) is 20.3 Å². The molecule has 0 atom stereocenters. The average molecular weight is 223 g/mol. The number of hydrogen-bond donors (Lipinski definition) is 2. The molecular formula is C12H21N3O. The van der Waals surface area contributed by atoms with Gasteiger partial charge in [0.05, 0.1) is 6.61 Å². The molecule has 0 saturated carbocycles. The van der Waals surface area contributed by atoms with E-state index < -0.39 is 0 Å². The molecule has 16 heavy (non-hydrogen) atoms. The van der Waals surface area contributed by atoms with Crippen LogP contribution in [0.3, 0.4) is 0 Å². The van der Waals surface area contributed by atoms with Gasteiger partial charge in [0.25, 0.3) is 0 Å². The lowest BCUT2D eigenvalue weighted by Crippen LogP contribution is -2.28. The van der Waals surface area contributed by atoms with Crippen LogP contribution in [0.2, 0.25) is 0 Å². The number of pyridine rings is 1. The maximum Gasteiger partial charge on any atom is 0.131 e. The zero-order chi connectivity index (χ0) is 11.8. The zero-order valence-electron chi connectivity index (χ0n) is 10.1. The number of aliphatic hydroxyl groups is 1. The quantitative estimate of drug-likeness (QED) is 0.739. The summed E-state index contributed by atoms with van der Waals surface area (Å²) in [6.45, 7) is 6.75. The van der Waals surface area contributed by atoms with Crippen LogP contribution in [-0.4, -0.2) is 36.3 Å². The molecule has 90 valence electrons. The Bertz CT molecular complexity index is 298. The second kappa shape index (κ2) is 7.06. The van der Waals surface area contributed by atoms with Crippen molar-refractivity contribution in [1.82, 2.24) is 4.98 Å². The molecule has 1 aromatic rings. The van der Waals surface area contributed by atoms with Gasteiger partial charge in [-0.25, -0.2) is 4.98 Å². The fourth-order valence-corrected chi connectivity index (χ4v) is 1.61. The summed E-state index contributed by atoms with van der Waals surface area (Å²) in [5.74, 6) is 1.81. The minimum Gasteiger partial charge on any atom is -0.395 e. The molecule has 0 aliphatic heterocycles. The van der Waals surface area contributed by atoms with Crippen LogP contribution in [0.15, 0.2) is 18.2 Å². The summed E-state index contributed by atoms with van der Waals surface area (Å²) in [4.78, 5) is 6.60. The molecule has 0 unspecified atom stereocenters. The predicted octanol–water partition coefficient (Wildman–Crippen LogP) is 1.72. The third-order valence-corrected chi connectivity index (χ3v) is 2.28. The summed E-state index contributed by atoms with van der Waals surface area (Å²) in [7, 11) is 0. The third-order valence-electron chi connectivity index (χ3n) is 2.28. The fraction of sp³-hybridized carbons (Fsp3) is 0.583. The average Bonchev–Trinajstić information content (AvgIpc) is 2.30. The van der Waals surface area contributed by atoms with Crippen LogP contribution in [0.4, 0.5) is 11.6 Å². The number of aromatic nitrogens is 1. The maximum absolute atomic E-state index is 9.01. The second-order valence-corrected chi connectivity index (χ2v) is 3.62. The lowest BCUT2D eigenvalue weighted by Gasteiger charge is -2.22. The van der Waals surface area contributed by atoms with Gasteiger partial charge in [-0.3, -0.25) is 0 Å². The molecule has 2 N–H and O–H groups in total. The van der Waals surface area contributed by atoms with Crippen molar-refractivity contribution in [3.05, 3.63) is 18.2 Å². The first-order chi connectivity index (χ1) is 7.81. The molecule has 1 rings (SSSR count). The minimum absolute atomic E-state index is 0.160. The van der Waals surface area contributed by atoms with E-state index in [0.29, 0.717) is 6.54 Å². The van der Waals surface area contributed by atoms with E-state index in [0.717, 1.165) is 31.1 Å². The van der Waals surface area contributed by atoms with Gasteiger partial charge >= 0.3 is 0 Å². The van der Waals surface area contributed by atoms with E-state index in [2.05, 4.69) is 22.1 Å². The van der Waals surface area contributed by atoms with Crippen LogP contribution in [-0.2, 0) is 0 Å². The Morgan fingerprint density at radius 3 is 2.75 bits per heavy atom. The molecule has 0 saturated heterocycles. The van der Waals surface area contributed by atoms with Crippen LogP contribution >= 0.6 is 0 Å². The standard InChI is InChI=1S/C12H21N3O/c1-3-8-15(9-10-16)12-7-5-6-11(14-12)13-4-2/h5-7,16H,3-4,8-10H2,1-2H3,(H,13,14). The lowest BCUT2D eigenvalue weighted by molar-refractivity contribution is 0.301. The van der Waals surface area contributed by atoms with Crippen molar-refractivity contribution in [2.24, 2.45) is 0 Å². The minimum atomic E-state index is 0.160. The first kappa shape index (κ1) is 12.8.